The Labute approximate surface area is 159 Å². The van der Waals surface area contributed by atoms with Crippen LogP contribution in [0.25, 0.3) is 0 Å². The highest BCUT2D eigenvalue weighted by atomic mass is 16.6. The van der Waals surface area contributed by atoms with Gasteiger partial charge >= 0.3 is 11.7 Å². The van der Waals surface area contributed by atoms with Crippen LogP contribution in [0.1, 0.15) is 15.9 Å². The molecule has 0 atom stereocenters. The number of carbonyl (C=O) groups is 2. The van der Waals surface area contributed by atoms with E-state index >= 15 is 0 Å². The summed E-state index contributed by atoms with van der Waals surface area (Å²) in [7, 11) is 0. The fraction of sp³-hybridized carbons (Fsp3) is 0. The number of anilines is 1. The summed E-state index contributed by atoms with van der Waals surface area (Å²) in [6, 6.07) is 18.2. The van der Waals surface area contributed by atoms with E-state index in [-0.39, 0.29) is 17.0 Å². The summed E-state index contributed by atoms with van der Waals surface area (Å²) in [4.78, 5) is 35.3. The zero-order chi connectivity index (χ0) is 20.1. The molecule has 0 aliphatic carbocycles. The Kier molecular flexibility index (Phi) is 5.31. The molecule has 3 aromatic rings. The summed E-state index contributed by atoms with van der Waals surface area (Å²) in [6.45, 7) is 0. The SMILES string of the molecule is NC(=O)Nc1c(C(=O)c2ccccc2)ccc(Oc2ccccc2)c1[N+](=O)[O-]. The molecule has 8 heteroatoms. The minimum absolute atomic E-state index is 0.0721. The molecular weight excluding hydrogens is 362 g/mol. The number of hydrogen-bond donors (Lipinski definition) is 2. The molecule has 3 N–H and O–H groups in total. The highest BCUT2D eigenvalue weighted by Crippen LogP contribution is 2.40. The van der Waals surface area contributed by atoms with E-state index in [4.69, 9.17) is 10.5 Å². The number of nitro groups is 1. The first-order valence-electron chi connectivity index (χ1n) is 8.18. The number of nitrogens with one attached hydrogen (secondary N) is 1. The average molecular weight is 377 g/mol. The summed E-state index contributed by atoms with van der Waals surface area (Å²) >= 11 is 0. The quantitative estimate of drug-likeness (QED) is 0.380. The van der Waals surface area contributed by atoms with Crippen molar-refractivity contribution in [3.05, 3.63) is 94.0 Å². The lowest BCUT2D eigenvalue weighted by Gasteiger charge is -2.13. The Hall–Kier alpha value is -4.20. The van der Waals surface area contributed by atoms with Gasteiger partial charge in [0.1, 0.15) is 11.4 Å². The normalized spacial score (nSPS) is 10.1. The average Bonchev–Trinajstić information content (AvgIpc) is 2.68. The number of amides is 2. The fourth-order valence-electron chi connectivity index (χ4n) is 2.64. The van der Waals surface area contributed by atoms with E-state index in [1.165, 1.54) is 12.1 Å². The number of primary amides is 1. The van der Waals surface area contributed by atoms with Crippen molar-refractivity contribution in [2.45, 2.75) is 0 Å². The molecule has 0 aromatic heterocycles. The van der Waals surface area contributed by atoms with Gasteiger partial charge in [-0.2, -0.15) is 0 Å². The van der Waals surface area contributed by atoms with Gasteiger partial charge in [-0.3, -0.25) is 14.9 Å². The van der Waals surface area contributed by atoms with E-state index in [1.807, 2.05) is 0 Å². The van der Waals surface area contributed by atoms with Crippen LogP contribution in [0.15, 0.2) is 72.8 Å². The predicted octanol–water partition coefficient (Wildman–Crippen LogP) is 4.11. The molecule has 0 saturated carbocycles. The Balaban J connectivity index is 2.15. The standard InChI is InChI=1S/C20H15N3O5/c21-20(25)22-17-15(19(24)13-7-3-1-4-8-13)11-12-16(18(17)23(26)27)28-14-9-5-2-6-10-14/h1-12H,(H3,21,22,25). The third kappa shape index (κ3) is 3.96. The molecule has 0 fully saturated rings. The van der Waals surface area contributed by atoms with Crippen LogP contribution in [0.3, 0.4) is 0 Å². The number of carbonyl (C=O) groups excluding carboxylic acids is 2. The van der Waals surface area contributed by atoms with Crippen LogP contribution in [0.5, 0.6) is 11.5 Å². The summed E-state index contributed by atoms with van der Waals surface area (Å²) in [6.07, 6.45) is 0. The highest BCUT2D eigenvalue weighted by Gasteiger charge is 2.29. The van der Waals surface area contributed by atoms with Crippen LogP contribution >= 0.6 is 0 Å². The maximum Gasteiger partial charge on any atom is 0.335 e. The number of para-hydroxylation sites is 1. The second-order valence-electron chi connectivity index (χ2n) is 5.69. The van der Waals surface area contributed by atoms with Gasteiger partial charge in [0.2, 0.25) is 5.75 Å². The number of rotatable bonds is 6. The third-order valence-corrected chi connectivity index (χ3v) is 3.82. The molecule has 28 heavy (non-hydrogen) atoms. The summed E-state index contributed by atoms with van der Waals surface area (Å²) in [5.41, 5.74) is 4.53. The van der Waals surface area contributed by atoms with E-state index in [0.717, 1.165) is 0 Å². The summed E-state index contributed by atoms with van der Waals surface area (Å²) in [5.74, 6) is -0.277. The number of nitrogens with two attached hydrogens (primary N) is 1. The molecule has 3 rings (SSSR count). The van der Waals surface area contributed by atoms with Crippen molar-refractivity contribution in [1.82, 2.24) is 0 Å². The van der Waals surface area contributed by atoms with E-state index in [1.54, 1.807) is 60.7 Å². The van der Waals surface area contributed by atoms with Crippen LogP contribution in [0, 0.1) is 10.1 Å². The van der Waals surface area contributed by atoms with Gasteiger partial charge < -0.3 is 15.8 Å². The number of nitro benzene ring substituents is 1. The zero-order valence-electron chi connectivity index (χ0n) is 14.5. The first-order valence-corrected chi connectivity index (χ1v) is 8.18. The zero-order valence-corrected chi connectivity index (χ0v) is 14.5. The lowest BCUT2D eigenvalue weighted by atomic mass is 10.00. The van der Waals surface area contributed by atoms with Gasteiger partial charge in [0.05, 0.1) is 10.5 Å². The Morgan fingerprint density at radius 3 is 2.11 bits per heavy atom. The van der Waals surface area contributed by atoms with Crippen LogP contribution in [-0.4, -0.2) is 16.7 Å². The topological polar surface area (TPSA) is 125 Å². The largest absolute Gasteiger partial charge is 0.450 e. The maximum atomic E-state index is 12.8. The summed E-state index contributed by atoms with van der Waals surface area (Å²) < 4.78 is 5.59. The number of ether oxygens (including phenoxy) is 1. The lowest BCUT2D eigenvalue weighted by molar-refractivity contribution is -0.384. The van der Waals surface area contributed by atoms with Crippen molar-refractivity contribution in [2.24, 2.45) is 5.73 Å². The van der Waals surface area contributed by atoms with E-state index in [0.29, 0.717) is 11.3 Å². The lowest BCUT2D eigenvalue weighted by Crippen LogP contribution is -2.22. The molecule has 3 aromatic carbocycles. The summed E-state index contributed by atoms with van der Waals surface area (Å²) in [5, 5.41) is 13.9. The molecular formula is C20H15N3O5. The smallest absolute Gasteiger partial charge is 0.335 e. The van der Waals surface area contributed by atoms with Gasteiger partial charge in [0.15, 0.2) is 5.78 Å². The minimum atomic E-state index is -1.04. The molecule has 8 nitrogen and oxygen atoms in total. The molecule has 0 radical (unpaired) electrons. The van der Waals surface area contributed by atoms with E-state index in [9.17, 15) is 19.7 Å². The van der Waals surface area contributed by atoms with Crippen molar-refractivity contribution >= 4 is 23.2 Å². The van der Waals surface area contributed by atoms with Crippen molar-refractivity contribution in [3.63, 3.8) is 0 Å². The van der Waals surface area contributed by atoms with Crippen LogP contribution in [0.2, 0.25) is 0 Å². The van der Waals surface area contributed by atoms with Crippen molar-refractivity contribution in [1.29, 1.82) is 0 Å². The first kappa shape index (κ1) is 18.6. The van der Waals surface area contributed by atoms with Crippen molar-refractivity contribution in [3.8, 4) is 11.5 Å². The molecule has 0 aliphatic rings. The Morgan fingerprint density at radius 2 is 1.54 bits per heavy atom. The van der Waals surface area contributed by atoms with Gasteiger partial charge in [-0.15, -0.1) is 0 Å². The van der Waals surface area contributed by atoms with Gasteiger partial charge in [-0.1, -0.05) is 48.5 Å². The van der Waals surface area contributed by atoms with Gasteiger partial charge in [0.25, 0.3) is 0 Å². The van der Waals surface area contributed by atoms with Crippen molar-refractivity contribution in [2.75, 3.05) is 5.32 Å². The molecule has 0 unspecified atom stereocenters. The number of benzene rings is 3. The fourth-order valence-corrected chi connectivity index (χ4v) is 2.64. The molecule has 0 saturated heterocycles. The van der Waals surface area contributed by atoms with Gasteiger partial charge in [0, 0.05) is 5.56 Å². The number of hydrogen-bond acceptors (Lipinski definition) is 5. The molecule has 0 spiro atoms. The Bertz CT molecular complexity index is 1040. The second kappa shape index (κ2) is 8.00. The van der Waals surface area contributed by atoms with Gasteiger partial charge in [-0.05, 0) is 24.3 Å². The van der Waals surface area contributed by atoms with Crippen LogP contribution in [0.4, 0.5) is 16.2 Å². The molecule has 0 aliphatic heterocycles. The Morgan fingerprint density at radius 1 is 0.929 bits per heavy atom. The second-order valence-corrected chi connectivity index (χ2v) is 5.69. The molecule has 140 valence electrons. The predicted molar refractivity (Wildman–Crippen MR) is 103 cm³/mol. The van der Waals surface area contributed by atoms with Crippen LogP contribution in [-0.2, 0) is 0 Å². The molecule has 0 bridgehead atoms. The number of urea groups is 1. The van der Waals surface area contributed by atoms with Crippen molar-refractivity contribution < 1.29 is 19.2 Å². The molecule has 0 heterocycles. The van der Waals surface area contributed by atoms with E-state index < -0.39 is 22.4 Å². The third-order valence-electron chi connectivity index (χ3n) is 3.82. The first-order chi connectivity index (χ1) is 13.5. The number of nitrogens with zero attached hydrogens (tertiary/aromatic N) is 1. The monoisotopic (exact) mass is 377 g/mol. The maximum absolute atomic E-state index is 12.8. The molecule has 2 amide bonds. The highest BCUT2D eigenvalue weighted by molar-refractivity contribution is 6.15. The number of ketones is 1. The van der Waals surface area contributed by atoms with Crippen LogP contribution < -0.4 is 15.8 Å². The van der Waals surface area contributed by atoms with E-state index in [2.05, 4.69) is 5.32 Å². The minimum Gasteiger partial charge on any atom is -0.450 e. The van der Waals surface area contributed by atoms with Gasteiger partial charge in [-0.25, -0.2) is 4.79 Å².